The summed E-state index contributed by atoms with van der Waals surface area (Å²) in [7, 11) is 5.02. The molecule has 0 amide bonds. The summed E-state index contributed by atoms with van der Waals surface area (Å²) in [5, 5.41) is 11.2. The van der Waals surface area contributed by atoms with E-state index in [2.05, 4.69) is 15.5 Å². The van der Waals surface area contributed by atoms with E-state index in [0.29, 0.717) is 38.1 Å². The van der Waals surface area contributed by atoms with Crippen molar-refractivity contribution < 1.29 is 18.6 Å². The molecule has 2 atom stereocenters. The van der Waals surface area contributed by atoms with Gasteiger partial charge in [0.25, 0.3) is 0 Å². The average molecular weight is 286 g/mol. The van der Waals surface area contributed by atoms with Gasteiger partial charge in [-0.25, -0.2) is 0 Å². The highest BCUT2D eigenvalue weighted by Gasteiger charge is 2.35. The number of nitrogens with zero attached hydrogens (tertiary/aromatic N) is 3. The van der Waals surface area contributed by atoms with Gasteiger partial charge in [-0.3, -0.25) is 0 Å². The first kappa shape index (κ1) is 15.2. The summed E-state index contributed by atoms with van der Waals surface area (Å²) in [6.07, 6.45) is 0.0466. The molecule has 0 saturated carbocycles. The molecule has 8 heteroatoms. The van der Waals surface area contributed by atoms with E-state index in [4.69, 9.17) is 18.6 Å². The zero-order valence-corrected chi connectivity index (χ0v) is 12.2. The Morgan fingerprint density at radius 1 is 1.20 bits per heavy atom. The van der Waals surface area contributed by atoms with Crippen molar-refractivity contribution >= 4 is 6.01 Å². The molecule has 1 aliphatic rings. The van der Waals surface area contributed by atoms with Crippen LogP contribution in [-0.4, -0.2) is 70.0 Å². The van der Waals surface area contributed by atoms with Crippen LogP contribution in [0.4, 0.5) is 6.01 Å². The van der Waals surface area contributed by atoms with Gasteiger partial charge in [0.1, 0.15) is 12.2 Å². The highest BCUT2D eigenvalue weighted by Crippen LogP contribution is 2.22. The minimum atomic E-state index is 0.0233. The molecular weight excluding hydrogens is 264 g/mol. The third kappa shape index (κ3) is 3.66. The number of hydrogen-bond acceptors (Lipinski definition) is 8. The molecule has 2 rings (SSSR count). The molecule has 2 unspecified atom stereocenters. The molecule has 0 bridgehead atoms. The summed E-state index contributed by atoms with van der Waals surface area (Å²) in [6, 6.07) is 0.509. The van der Waals surface area contributed by atoms with Crippen molar-refractivity contribution in [1.29, 1.82) is 0 Å². The molecule has 114 valence electrons. The maximum Gasteiger partial charge on any atom is 0.318 e. The molecule has 0 spiro atoms. The quantitative estimate of drug-likeness (QED) is 0.650. The molecule has 1 fully saturated rings. The first-order valence-corrected chi connectivity index (χ1v) is 6.61. The first-order valence-electron chi connectivity index (χ1n) is 6.61. The number of rotatable bonds is 8. The summed E-state index contributed by atoms with van der Waals surface area (Å²) < 4.78 is 21.3. The van der Waals surface area contributed by atoms with Crippen LogP contribution in [0.3, 0.4) is 0 Å². The second kappa shape index (κ2) is 7.53. The molecule has 20 heavy (non-hydrogen) atoms. The van der Waals surface area contributed by atoms with Gasteiger partial charge in [-0.15, -0.1) is 5.10 Å². The highest BCUT2D eigenvalue weighted by atomic mass is 16.5. The standard InChI is InChI=1S/C12H22N4O4/c1-17-5-4-13-6-11-14-15-12(20-11)16-7-9(18-2)10(8-16)19-3/h9-10,13H,4-8H2,1-3H3. The van der Waals surface area contributed by atoms with E-state index in [1.165, 1.54) is 0 Å². The minimum absolute atomic E-state index is 0.0233. The molecule has 0 aromatic carbocycles. The van der Waals surface area contributed by atoms with E-state index in [1.54, 1.807) is 21.3 Å². The zero-order chi connectivity index (χ0) is 14.4. The first-order chi connectivity index (χ1) is 9.78. The summed E-state index contributed by atoms with van der Waals surface area (Å²) in [5.41, 5.74) is 0. The molecule has 1 aromatic rings. The van der Waals surface area contributed by atoms with Crippen LogP contribution in [0.5, 0.6) is 0 Å². The van der Waals surface area contributed by atoms with E-state index >= 15 is 0 Å². The molecule has 1 N–H and O–H groups in total. The van der Waals surface area contributed by atoms with E-state index in [1.807, 2.05) is 4.90 Å². The number of anilines is 1. The molecule has 1 aliphatic heterocycles. The Morgan fingerprint density at radius 3 is 2.50 bits per heavy atom. The van der Waals surface area contributed by atoms with Gasteiger partial charge in [0.15, 0.2) is 0 Å². The van der Waals surface area contributed by atoms with Crippen LogP contribution in [0.25, 0.3) is 0 Å². The van der Waals surface area contributed by atoms with Crippen molar-refractivity contribution in [3.63, 3.8) is 0 Å². The van der Waals surface area contributed by atoms with Gasteiger partial charge >= 0.3 is 6.01 Å². The van der Waals surface area contributed by atoms with Gasteiger partial charge in [-0.05, 0) is 0 Å². The van der Waals surface area contributed by atoms with Crippen LogP contribution in [0.1, 0.15) is 5.89 Å². The number of ether oxygens (including phenoxy) is 3. The summed E-state index contributed by atoms with van der Waals surface area (Å²) >= 11 is 0. The topological polar surface area (TPSA) is 81.9 Å². The van der Waals surface area contributed by atoms with Gasteiger partial charge in [0, 0.05) is 27.9 Å². The average Bonchev–Trinajstić information content (AvgIpc) is 3.09. The SMILES string of the molecule is COCCNCc1nnc(N2CC(OC)C(OC)C2)o1. The Kier molecular flexibility index (Phi) is 5.72. The fourth-order valence-corrected chi connectivity index (χ4v) is 2.17. The van der Waals surface area contributed by atoms with Gasteiger partial charge in [-0.2, -0.15) is 0 Å². The predicted octanol–water partition coefficient (Wildman–Crippen LogP) is -0.344. The summed E-state index contributed by atoms with van der Waals surface area (Å²) in [4.78, 5) is 1.98. The molecule has 1 saturated heterocycles. The van der Waals surface area contributed by atoms with Crippen LogP contribution >= 0.6 is 0 Å². The minimum Gasteiger partial charge on any atom is -0.407 e. The Hall–Kier alpha value is -1.22. The van der Waals surface area contributed by atoms with Crippen molar-refractivity contribution in [2.45, 2.75) is 18.8 Å². The lowest BCUT2D eigenvalue weighted by Gasteiger charge is -2.13. The molecule has 0 radical (unpaired) electrons. The molecule has 2 heterocycles. The number of nitrogens with one attached hydrogen (secondary N) is 1. The van der Waals surface area contributed by atoms with Crippen LogP contribution in [0.15, 0.2) is 4.42 Å². The summed E-state index contributed by atoms with van der Waals surface area (Å²) in [6.45, 7) is 3.31. The second-order valence-corrected chi connectivity index (χ2v) is 4.60. The van der Waals surface area contributed by atoms with Gasteiger partial charge in [0.2, 0.25) is 5.89 Å². The monoisotopic (exact) mass is 286 g/mol. The smallest absolute Gasteiger partial charge is 0.318 e. The molecular formula is C12H22N4O4. The number of hydrogen-bond donors (Lipinski definition) is 1. The lowest BCUT2D eigenvalue weighted by atomic mass is 10.3. The zero-order valence-electron chi connectivity index (χ0n) is 12.2. The Labute approximate surface area is 118 Å². The number of aromatic nitrogens is 2. The van der Waals surface area contributed by atoms with Crippen molar-refractivity contribution in [1.82, 2.24) is 15.5 Å². The Balaban J connectivity index is 1.86. The third-order valence-electron chi connectivity index (χ3n) is 3.31. The van der Waals surface area contributed by atoms with E-state index in [9.17, 15) is 0 Å². The van der Waals surface area contributed by atoms with E-state index in [-0.39, 0.29) is 12.2 Å². The fraction of sp³-hybridized carbons (Fsp3) is 0.833. The van der Waals surface area contributed by atoms with Crippen molar-refractivity contribution in [3.8, 4) is 0 Å². The van der Waals surface area contributed by atoms with E-state index < -0.39 is 0 Å². The molecule has 8 nitrogen and oxygen atoms in total. The lowest BCUT2D eigenvalue weighted by molar-refractivity contribution is -0.00461. The van der Waals surface area contributed by atoms with Gasteiger partial charge in [0.05, 0.1) is 26.2 Å². The predicted molar refractivity (Wildman–Crippen MR) is 71.7 cm³/mol. The van der Waals surface area contributed by atoms with Crippen LogP contribution in [-0.2, 0) is 20.8 Å². The normalized spacial score (nSPS) is 22.6. The second-order valence-electron chi connectivity index (χ2n) is 4.60. The van der Waals surface area contributed by atoms with Crippen LogP contribution in [0, 0.1) is 0 Å². The van der Waals surface area contributed by atoms with Crippen LogP contribution in [0.2, 0.25) is 0 Å². The third-order valence-corrected chi connectivity index (χ3v) is 3.31. The maximum absolute atomic E-state index is 5.62. The number of methoxy groups -OCH3 is 3. The van der Waals surface area contributed by atoms with Crippen molar-refractivity contribution in [2.24, 2.45) is 0 Å². The van der Waals surface area contributed by atoms with Gasteiger partial charge in [-0.1, -0.05) is 5.10 Å². The molecule has 0 aliphatic carbocycles. The summed E-state index contributed by atoms with van der Waals surface area (Å²) in [5.74, 6) is 0.561. The van der Waals surface area contributed by atoms with Gasteiger partial charge < -0.3 is 28.8 Å². The van der Waals surface area contributed by atoms with Crippen molar-refractivity contribution in [3.05, 3.63) is 5.89 Å². The van der Waals surface area contributed by atoms with E-state index in [0.717, 1.165) is 6.54 Å². The Bertz CT molecular complexity index is 389. The molecule has 1 aromatic heterocycles. The van der Waals surface area contributed by atoms with Crippen molar-refractivity contribution in [2.75, 3.05) is 52.5 Å². The Morgan fingerprint density at radius 2 is 1.90 bits per heavy atom. The maximum atomic E-state index is 5.62. The largest absolute Gasteiger partial charge is 0.407 e. The highest BCUT2D eigenvalue weighted by molar-refractivity contribution is 5.28. The fourth-order valence-electron chi connectivity index (χ4n) is 2.17. The van der Waals surface area contributed by atoms with Crippen LogP contribution < -0.4 is 10.2 Å². The lowest BCUT2D eigenvalue weighted by Crippen LogP contribution is -2.27.